The highest BCUT2D eigenvalue weighted by Crippen LogP contribution is 2.27. The number of aromatic nitrogens is 2. The minimum atomic E-state index is 0.0585. The van der Waals surface area contributed by atoms with Gasteiger partial charge in [0.1, 0.15) is 5.15 Å². The average Bonchev–Trinajstić information content (AvgIpc) is 2.24. The topological polar surface area (TPSA) is 55.2 Å². The maximum absolute atomic E-state index is 9.21. The first-order valence-electron chi connectivity index (χ1n) is 4.93. The average molecular weight is 263 g/mol. The number of nitrogens with zero attached hydrogens (tertiary/aromatic N) is 2. The Morgan fingerprint density at radius 1 is 1.50 bits per heavy atom. The van der Waals surface area contributed by atoms with Gasteiger partial charge in [-0.2, -0.15) is 4.98 Å². The van der Waals surface area contributed by atoms with Crippen molar-refractivity contribution in [3.63, 3.8) is 0 Å². The number of hydrogen-bond acceptors (Lipinski definition) is 5. The Morgan fingerprint density at radius 3 is 2.69 bits per heavy atom. The van der Waals surface area contributed by atoms with E-state index in [9.17, 15) is 5.11 Å². The van der Waals surface area contributed by atoms with Crippen LogP contribution >= 0.6 is 23.4 Å². The lowest BCUT2D eigenvalue weighted by molar-refractivity contribution is 0.275. The summed E-state index contributed by atoms with van der Waals surface area (Å²) in [6.07, 6.45) is 0. The molecule has 0 aromatic carbocycles. The van der Waals surface area contributed by atoms with Crippen molar-refractivity contribution in [2.45, 2.75) is 24.3 Å². The summed E-state index contributed by atoms with van der Waals surface area (Å²) in [6, 6.07) is 1.55. The molecule has 90 valence electrons. The fourth-order valence-electron chi connectivity index (χ4n) is 1.05. The first-order chi connectivity index (χ1) is 7.56. The highest BCUT2D eigenvalue weighted by atomic mass is 35.5. The molecule has 1 heterocycles. The zero-order valence-electron chi connectivity index (χ0n) is 9.48. The van der Waals surface area contributed by atoms with Crippen LogP contribution < -0.4 is 4.74 Å². The number of ether oxygens (including phenoxy) is 1. The second-order valence-electron chi connectivity index (χ2n) is 3.60. The van der Waals surface area contributed by atoms with Gasteiger partial charge in [-0.05, 0) is 5.92 Å². The Balaban J connectivity index is 2.83. The third-order valence-corrected chi connectivity index (χ3v) is 3.62. The SMILES string of the molecule is COc1cc(Cl)nc(SC(CO)C(C)C)n1. The van der Waals surface area contributed by atoms with Gasteiger partial charge in [0.2, 0.25) is 5.88 Å². The van der Waals surface area contributed by atoms with Gasteiger partial charge in [0, 0.05) is 11.3 Å². The van der Waals surface area contributed by atoms with Crippen molar-refractivity contribution in [2.24, 2.45) is 5.92 Å². The lowest BCUT2D eigenvalue weighted by Gasteiger charge is -2.16. The predicted octanol–water partition coefficient (Wildman–Crippen LogP) is 2.25. The maximum atomic E-state index is 9.21. The molecule has 1 unspecified atom stereocenters. The Labute approximate surface area is 104 Å². The maximum Gasteiger partial charge on any atom is 0.218 e. The van der Waals surface area contributed by atoms with E-state index in [-0.39, 0.29) is 11.9 Å². The molecule has 1 rings (SSSR count). The van der Waals surface area contributed by atoms with E-state index in [0.29, 0.717) is 22.1 Å². The minimum Gasteiger partial charge on any atom is -0.481 e. The van der Waals surface area contributed by atoms with Crippen molar-refractivity contribution in [3.8, 4) is 5.88 Å². The molecule has 0 aliphatic heterocycles. The van der Waals surface area contributed by atoms with E-state index in [1.165, 1.54) is 18.9 Å². The predicted molar refractivity (Wildman–Crippen MR) is 65.2 cm³/mol. The fraction of sp³-hybridized carbons (Fsp3) is 0.600. The summed E-state index contributed by atoms with van der Waals surface area (Å²) in [5, 5.41) is 10.1. The second kappa shape index (κ2) is 6.27. The van der Waals surface area contributed by atoms with Crippen LogP contribution in [0.1, 0.15) is 13.8 Å². The molecule has 0 aliphatic carbocycles. The largest absolute Gasteiger partial charge is 0.481 e. The molecular formula is C10H15ClN2O2S. The van der Waals surface area contributed by atoms with Crippen LogP contribution in [0.4, 0.5) is 0 Å². The monoisotopic (exact) mass is 262 g/mol. The number of aliphatic hydroxyl groups is 1. The molecule has 0 radical (unpaired) electrons. The van der Waals surface area contributed by atoms with E-state index in [1.807, 2.05) is 13.8 Å². The van der Waals surface area contributed by atoms with E-state index in [1.54, 1.807) is 6.07 Å². The molecule has 1 atom stereocenters. The molecule has 0 aliphatic rings. The van der Waals surface area contributed by atoms with Crippen LogP contribution in [0.5, 0.6) is 5.88 Å². The lowest BCUT2D eigenvalue weighted by atomic mass is 10.1. The zero-order chi connectivity index (χ0) is 12.1. The molecule has 0 amide bonds. The fourth-order valence-corrected chi connectivity index (χ4v) is 2.19. The standard InChI is InChI=1S/C10H15ClN2O2S/c1-6(2)7(5-14)16-10-12-8(11)4-9(13-10)15-3/h4,6-7,14H,5H2,1-3H3. The number of rotatable bonds is 5. The molecule has 0 spiro atoms. The summed E-state index contributed by atoms with van der Waals surface area (Å²) < 4.78 is 5.00. The smallest absolute Gasteiger partial charge is 0.218 e. The van der Waals surface area contributed by atoms with Crippen molar-refractivity contribution in [2.75, 3.05) is 13.7 Å². The molecule has 1 aromatic rings. The van der Waals surface area contributed by atoms with Gasteiger partial charge < -0.3 is 9.84 Å². The van der Waals surface area contributed by atoms with Gasteiger partial charge in [0.15, 0.2) is 5.16 Å². The van der Waals surface area contributed by atoms with Crippen molar-refractivity contribution in [1.82, 2.24) is 9.97 Å². The van der Waals surface area contributed by atoms with Crippen molar-refractivity contribution in [3.05, 3.63) is 11.2 Å². The van der Waals surface area contributed by atoms with Crippen molar-refractivity contribution >= 4 is 23.4 Å². The minimum absolute atomic E-state index is 0.0585. The van der Waals surface area contributed by atoms with E-state index >= 15 is 0 Å². The van der Waals surface area contributed by atoms with E-state index < -0.39 is 0 Å². The van der Waals surface area contributed by atoms with Gasteiger partial charge in [-0.15, -0.1) is 0 Å². The van der Waals surface area contributed by atoms with Crippen LogP contribution in [0.3, 0.4) is 0 Å². The van der Waals surface area contributed by atoms with Crippen LogP contribution in [-0.2, 0) is 0 Å². The number of aliphatic hydroxyl groups excluding tert-OH is 1. The highest BCUT2D eigenvalue weighted by molar-refractivity contribution is 7.99. The first-order valence-corrected chi connectivity index (χ1v) is 6.18. The molecule has 0 bridgehead atoms. The molecule has 16 heavy (non-hydrogen) atoms. The van der Waals surface area contributed by atoms with E-state index in [4.69, 9.17) is 16.3 Å². The molecule has 1 aromatic heterocycles. The summed E-state index contributed by atoms with van der Waals surface area (Å²) in [6.45, 7) is 4.16. The summed E-state index contributed by atoms with van der Waals surface area (Å²) in [5.41, 5.74) is 0. The van der Waals surface area contributed by atoms with Gasteiger partial charge >= 0.3 is 0 Å². The Morgan fingerprint density at radius 2 is 2.19 bits per heavy atom. The van der Waals surface area contributed by atoms with Gasteiger partial charge in [0.05, 0.1) is 13.7 Å². The molecular weight excluding hydrogens is 248 g/mol. The normalized spacial score (nSPS) is 12.9. The zero-order valence-corrected chi connectivity index (χ0v) is 11.0. The van der Waals surface area contributed by atoms with Gasteiger partial charge in [-0.3, -0.25) is 0 Å². The number of methoxy groups -OCH3 is 1. The number of thioether (sulfide) groups is 1. The summed E-state index contributed by atoms with van der Waals surface area (Å²) in [7, 11) is 1.53. The summed E-state index contributed by atoms with van der Waals surface area (Å²) >= 11 is 7.23. The van der Waals surface area contributed by atoms with Crippen LogP contribution in [0, 0.1) is 5.92 Å². The van der Waals surface area contributed by atoms with Crippen molar-refractivity contribution < 1.29 is 9.84 Å². The van der Waals surface area contributed by atoms with E-state index in [0.717, 1.165) is 0 Å². The molecule has 0 saturated carbocycles. The molecule has 0 fully saturated rings. The Hall–Kier alpha value is -0.520. The quantitative estimate of drug-likeness (QED) is 0.501. The first kappa shape index (κ1) is 13.5. The Bertz CT molecular complexity index is 350. The number of halogens is 1. The van der Waals surface area contributed by atoms with E-state index in [2.05, 4.69) is 9.97 Å². The van der Waals surface area contributed by atoms with Crippen LogP contribution in [-0.4, -0.2) is 34.0 Å². The lowest BCUT2D eigenvalue weighted by Crippen LogP contribution is -2.16. The van der Waals surface area contributed by atoms with Crippen LogP contribution in [0.25, 0.3) is 0 Å². The summed E-state index contributed by atoms with van der Waals surface area (Å²) in [5.74, 6) is 0.770. The second-order valence-corrected chi connectivity index (χ2v) is 5.19. The van der Waals surface area contributed by atoms with Crippen LogP contribution in [0.2, 0.25) is 5.15 Å². The highest BCUT2D eigenvalue weighted by Gasteiger charge is 2.16. The third-order valence-electron chi connectivity index (χ3n) is 2.04. The summed E-state index contributed by atoms with van der Waals surface area (Å²) in [4.78, 5) is 8.23. The molecule has 0 saturated heterocycles. The van der Waals surface area contributed by atoms with Gasteiger partial charge in [-0.25, -0.2) is 4.98 Å². The molecule has 4 nitrogen and oxygen atoms in total. The third kappa shape index (κ3) is 3.81. The van der Waals surface area contributed by atoms with Crippen molar-refractivity contribution in [1.29, 1.82) is 0 Å². The van der Waals surface area contributed by atoms with Crippen LogP contribution in [0.15, 0.2) is 11.2 Å². The van der Waals surface area contributed by atoms with Gasteiger partial charge in [0.25, 0.3) is 0 Å². The number of hydrogen-bond donors (Lipinski definition) is 1. The Kier molecular flexibility index (Phi) is 5.31. The molecule has 6 heteroatoms. The molecule has 1 N–H and O–H groups in total. The van der Waals surface area contributed by atoms with Gasteiger partial charge in [-0.1, -0.05) is 37.2 Å².